The molecular weight excluding hydrogens is 243 g/mol. The standard InChI is InChI=1S/C11H15F5O/c1-2-7-3-5-8(6-4-7)9(17)10(12,13)11(14,15)16/h7-8H,2-6H2,1H3. The van der Waals surface area contributed by atoms with E-state index in [9.17, 15) is 26.7 Å². The SMILES string of the molecule is CCC1CCC(C(=O)C(F)(F)C(F)(F)F)CC1. The molecule has 0 saturated heterocycles. The van der Waals surface area contributed by atoms with Crippen LogP contribution in [0.3, 0.4) is 0 Å². The Hall–Kier alpha value is -0.680. The molecule has 0 radical (unpaired) electrons. The fourth-order valence-electron chi connectivity index (χ4n) is 2.23. The van der Waals surface area contributed by atoms with Crippen molar-refractivity contribution in [3.63, 3.8) is 0 Å². The average molecular weight is 258 g/mol. The molecule has 0 unspecified atom stereocenters. The van der Waals surface area contributed by atoms with Gasteiger partial charge in [0.25, 0.3) is 0 Å². The summed E-state index contributed by atoms with van der Waals surface area (Å²) in [6.07, 6.45) is -3.50. The Labute approximate surface area is 96.4 Å². The Morgan fingerprint density at radius 2 is 1.53 bits per heavy atom. The van der Waals surface area contributed by atoms with Gasteiger partial charge in [-0.25, -0.2) is 0 Å². The molecule has 1 nitrogen and oxygen atoms in total. The van der Waals surface area contributed by atoms with Gasteiger partial charge in [-0.15, -0.1) is 0 Å². The summed E-state index contributed by atoms with van der Waals surface area (Å²) < 4.78 is 61.7. The van der Waals surface area contributed by atoms with Crippen molar-refractivity contribution in [2.75, 3.05) is 0 Å². The van der Waals surface area contributed by atoms with Crippen LogP contribution in [-0.4, -0.2) is 17.9 Å². The minimum Gasteiger partial charge on any atom is -0.292 e. The quantitative estimate of drug-likeness (QED) is 0.700. The van der Waals surface area contributed by atoms with E-state index in [1.807, 2.05) is 6.92 Å². The summed E-state index contributed by atoms with van der Waals surface area (Å²) in [5, 5.41) is 0. The Balaban J connectivity index is 2.66. The fraction of sp³-hybridized carbons (Fsp3) is 0.909. The normalized spacial score (nSPS) is 26.9. The minimum atomic E-state index is -5.77. The van der Waals surface area contributed by atoms with Crippen molar-refractivity contribution in [2.45, 2.75) is 51.1 Å². The van der Waals surface area contributed by atoms with Crippen molar-refractivity contribution in [3.05, 3.63) is 0 Å². The number of hydrogen-bond acceptors (Lipinski definition) is 1. The summed E-state index contributed by atoms with van der Waals surface area (Å²) in [7, 11) is 0. The third-order valence-corrected chi connectivity index (χ3v) is 3.46. The van der Waals surface area contributed by atoms with Crippen molar-refractivity contribution in [1.82, 2.24) is 0 Å². The molecule has 0 heterocycles. The van der Waals surface area contributed by atoms with E-state index < -0.39 is 23.8 Å². The van der Waals surface area contributed by atoms with E-state index in [1.54, 1.807) is 0 Å². The molecule has 1 fully saturated rings. The molecular formula is C11H15F5O. The summed E-state index contributed by atoms with van der Waals surface area (Å²) in [4.78, 5) is 11.2. The first-order valence-corrected chi connectivity index (χ1v) is 5.69. The average Bonchev–Trinajstić information content (AvgIpc) is 2.26. The predicted octanol–water partition coefficient (Wildman–Crippen LogP) is 3.97. The maximum atomic E-state index is 12.8. The highest BCUT2D eigenvalue weighted by Crippen LogP contribution is 2.41. The first-order valence-electron chi connectivity index (χ1n) is 5.69. The van der Waals surface area contributed by atoms with Crippen LogP contribution in [0.25, 0.3) is 0 Å². The van der Waals surface area contributed by atoms with Gasteiger partial charge in [0, 0.05) is 5.92 Å². The maximum Gasteiger partial charge on any atom is 0.461 e. The number of carbonyl (C=O) groups is 1. The first-order chi connectivity index (χ1) is 7.70. The highest BCUT2D eigenvalue weighted by atomic mass is 19.4. The van der Waals surface area contributed by atoms with E-state index >= 15 is 0 Å². The maximum absolute atomic E-state index is 12.8. The Morgan fingerprint density at radius 1 is 1.06 bits per heavy atom. The zero-order valence-electron chi connectivity index (χ0n) is 9.49. The van der Waals surface area contributed by atoms with E-state index in [1.165, 1.54) is 0 Å². The Kier molecular flexibility index (Phi) is 4.15. The van der Waals surface area contributed by atoms with Gasteiger partial charge in [0.05, 0.1) is 0 Å². The first kappa shape index (κ1) is 14.4. The monoisotopic (exact) mass is 258 g/mol. The second kappa shape index (κ2) is 4.90. The van der Waals surface area contributed by atoms with Crippen molar-refractivity contribution >= 4 is 5.78 Å². The number of carbonyl (C=O) groups excluding carboxylic acids is 1. The largest absolute Gasteiger partial charge is 0.461 e. The van der Waals surface area contributed by atoms with E-state index in [4.69, 9.17) is 0 Å². The van der Waals surface area contributed by atoms with Crippen LogP contribution in [0.5, 0.6) is 0 Å². The van der Waals surface area contributed by atoms with E-state index in [0.717, 1.165) is 6.42 Å². The predicted molar refractivity (Wildman–Crippen MR) is 51.7 cm³/mol. The van der Waals surface area contributed by atoms with Crippen molar-refractivity contribution in [1.29, 1.82) is 0 Å². The van der Waals surface area contributed by atoms with Gasteiger partial charge in [-0.05, 0) is 31.6 Å². The van der Waals surface area contributed by atoms with Crippen LogP contribution in [0.15, 0.2) is 0 Å². The van der Waals surface area contributed by atoms with Gasteiger partial charge in [-0.3, -0.25) is 4.79 Å². The molecule has 0 aromatic heterocycles. The summed E-state index contributed by atoms with van der Waals surface area (Å²) in [6.45, 7) is 1.94. The van der Waals surface area contributed by atoms with Crippen LogP contribution < -0.4 is 0 Å². The molecule has 1 rings (SSSR count). The van der Waals surface area contributed by atoms with Crippen molar-refractivity contribution < 1.29 is 26.7 Å². The Bertz CT molecular complexity index is 276. The topological polar surface area (TPSA) is 17.1 Å². The molecule has 0 aliphatic heterocycles. The molecule has 0 spiro atoms. The molecule has 0 atom stereocenters. The lowest BCUT2D eigenvalue weighted by molar-refractivity contribution is -0.270. The summed E-state index contributed by atoms with van der Waals surface area (Å²) in [6, 6.07) is 0. The molecule has 1 saturated carbocycles. The van der Waals surface area contributed by atoms with E-state index in [-0.39, 0.29) is 12.8 Å². The van der Waals surface area contributed by atoms with Crippen LogP contribution in [0.2, 0.25) is 0 Å². The molecule has 0 bridgehead atoms. The van der Waals surface area contributed by atoms with Gasteiger partial charge in [0.1, 0.15) is 0 Å². The molecule has 0 aromatic carbocycles. The molecule has 0 N–H and O–H groups in total. The molecule has 0 amide bonds. The zero-order valence-corrected chi connectivity index (χ0v) is 9.49. The van der Waals surface area contributed by atoms with Crippen LogP contribution in [-0.2, 0) is 4.79 Å². The number of halogens is 5. The minimum absolute atomic E-state index is 0.142. The number of ketones is 1. The smallest absolute Gasteiger partial charge is 0.292 e. The lowest BCUT2D eigenvalue weighted by Gasteiger charge is -2.29. The van der Waals surface area contributed by atoms with Crippen molar-refractivity contribution in [2.24, 2.45) is 11.8 Å². The number of hydrogen-bond donors (Lipinski definition) is 0. The lowest BCUT2D eigenvalue weighted by atomic mass is 9.78. The summed E-state index contributed by atoms with van der Waals surface area (Å²) in [5.41, 5.74) is 0. The van der Waals surface area contributed by atoms with Gasteiger partial charge in [-0.2, -0.15) is 22.0 Å². The molecule has 1 aliphatic rings. The van der Waals surface area contributed by atoms with Crippen LogP contribution in [0, 0.1) is 11.8 Å². The second-order valence-electron chi connectivity index (χ2n) is 4.56. The second-order valence-corrected chi connectivity index (χ2v) is 4.56. The van der Waals surface area contributed by atoms with Gasteiger partial charge >= 0.3 is 12.1 Å². The lowest BCUT2D eigenvalue weighted by Crippen LogP contribution is -2.47. The molecule has 1 aliphatic carbocycles. The highest BCUT2D eigenvalue weighted by Gasteiger charge is 2.64. The highest BCUT2D eigenvalue weighted by molar-refractivity contribution is 5.88. The molecule has 6 heteroatoms. The number of Topliss-reactive ketones (excluding diaryl/α,β-unsaturated/α-hetero) is 1. The Morgan fingerprint density at radius 3 is 1.88 bits per heavy atom. The number of rotatable bonds is 3. The zero-order chi connectivity index (χ0) is 13.3. The van der Waals surface area contributed by atoms with Gasteiger partial charge < -0.3 is 0 Å². The molecule has 17 heavy (non-hydrogen) atoms. The third-order valence-electron chi connectivity index (χ3n) is 3.46. The molecule has 0 aromatic rings. The molecule has 100 valence electrons. The van der Waals surface area contributed by atoms with Gasteiger partial charge in [0.2, 0.25) is 5.78 Å². The summed E-state index contributed by atoms with van der Waals surface area (Å²) in [5.74, 6) is -7.95. The fourth-order valence-corrected chi connectivity index (χ4v) is 2.23. The third kappa shape index (κ3) is 2.96. The van der Waals surface area contributed by atoms with Gasteiger partial charge in [0.15, 0.2) is 0 Å². The van der Waals surface area contributed by atoms with Crippen LogP contribution in [0.4, 0.5) is 22.0 Å². The van der Waals surface area contributed by atoms with Gasteiger partial charge in [-0.1, -0.05) is 13.3 Å². The van der Waals surface area contributed by atoms with E-state index in [2.05, 4.69) is 0 Å². The summed E-state index contributed by atoms with van der Waals surface area (Å²) >= 11 is 0. The van der Waals surface area contributed by atoms with Crippen LogP contribution >= 0.6 is 0 Å². The van der Waals surface area contributed by atoms with Crippen LogP contribution in [0.1, 0.15) is 39.0 Å². The van der Waals surface area contributed by atoms with Crippen molar-refractivity contribution in [3.8, 4) is 0 Å². The van der Waals surface area contributed by atoms with E-state index in [0.29, 0.717) is 18.8 Å². The number of alkyl halides is 5.